The molecule has 1 saturated carbocycles. The number of H-pyrrole nitrogens is 1. The van der Waals surface area contributed by atoms with Crippen LogP contribution in [0.5, 0.6) is 5.75 Å². The van der Waals surface area contributed by atoms with Gasteiger partial charge in [-0.1, -0.05) is 25.7 Å². The number of ketones is 1. The van der Waals surface area contributed by atoms with Crippen molar-refractivity contribution < 1.29 is 9.53 Å². The lowest BCUT2D eigenvalue weighted by Crippen LogP contribution is -2.17. The number of ether oxygens (including phenoxy) is 1. The summed E-state index contributed by atoms with van der Waals surface area (Å²) in [5, 5.41) is 13.7. The van der Waals surface area contributed by atoms with Crippen molar-refractivity contribution >= 4 is 11.3 Å². The maximum Gasteiger partial charge on any atom is 0.277 e. The van der Waals surface area contributed by atoms with Gasteiger partial charge < -0.3 is 9.72 Å². The van der Waals surface area contributed by atoms with Gasteiger partial charge >= 0.3 is 0 Å². The molecule has 32 heavy (non-hydrogen) atoms. The molecule has 0 saturated heterocycles. The molecule has 8 nitrogen and oxygen atoms in total. The van der Waals surface area contributed by atoms with Crippen molar-refractivity contribution in [2.24, 2.45) is 0 Å². The van der Waals surface area contributed by atoms with Gasteiger partial charge in [-0.15, -0.1) is 5.10 Å². The Balaban J connectivity index is 1.88. The third-order valence-electron chi connectivity index (χ3n) is 6.02. The van der Waals surface area contributed by atoms with Gasteiger partial charge in [-0.2, -0.15) is 5.26 Å². The molecule has 166 valence electrons. The molecule has 3 aromatic rings. The summed E-state index contributed by atoms with van der Waals surface area (Å²) >= 11 is 0. The maximum atomic E-state index is 13.0. The molecular formula is C24H27N5O3. The Morgan fingerprint density at radius 1 is 1.28 bits per heavy atom. The lowest BCUT2D eigenvalue weighted by atomic mass is 10.00. The number of aryl methyl sites for hydroxylation is 1. The molecule has 1 fully saturated rings. The normalized spacial score (nSPS) is 14.8. The molecule has 2 aromatic heterocycles. The van der Waals surface area contributed by atoms with E-state index in [0.717, 1.165) is 31.5 Å². The van der Waals surface area contributed by atoms with Crippen LogP contribution in [0.1, 0.15) is 79.7 Å². The Morgan fingerprint density at radius 3 is 2.72 bits per heavy atom. The highest BCUT2D eigenvalue weighted by atomic mass is 16.5. The van der Waals surface area contributed by atoms with E-state index in [1.807, 2.05) is 19.9 Å². The summed E-state index contributed by atoms with van der Waals surface area (Å²) in [6.07, 6.45) is 6.58. The summed E-state index contributed by atoms with van der Waals surface area (Å²) in [7, 11) is 0. The maximum absolute atomic E-state index is 13.0. The van der Waals surface area contributed by atoms with E-state index in [2.05, 4.69) is 4.98 Å². The van der Waals surface area contributed by atoms with E-state index in [9.17, 15) is 9.59 Å². The number of nitrogens with one attached hydrogen (secondary N) is 1. The number of Topliss-reactive ketones (excluding diaryl/α,β-unsaturated/α-hetero) is 1. The van der Waals surface area contributed by atoms with Crippen LogP contribution in [-0.2, 0) is 0 Å². The third kappa shape index (κ3) is 4.15. The number of hydrogen-bond acceptors (Lipinski definition) is 6. The molecular weight excluding hydrogens is 406 g/mol. The lowest BCUT2D eigenvalue weighted by Gasteiger charge is -2.14. The summed E-state index contributed by atoms with van der Waals surface area (Å²) in [5.41, 5.74) is 1.71. The number of benzene rings is 1. The first-order valence-electron chi connectivity index (χ1n) is 11.2. The second kappa shape index (κ2) is 9.35. The first-order chi connectivity index (χ1) is 15.5. The monoisotopic (exact) mass is 433 g/mol. The van der Waals surface area contributed by atoms with E-state index in [4.69, 9.17) is 20.1 Å². The van der Waals surface area contributed by atoms with Gasteiger partial charge in [0, 0.05) is 11.5 Å². The minimum absolute atomic E-state index is 0.219. The molecule has 1 aliphatic rings. The van der Waals surface area contributed by atoms with Crippen LogP contribution in [-0.4, -0.2) is 32.0 Å². The van der Waals surface area contributed by atoms with Crippen LogP contribution in [0.2, 0.25) is 0 Å². The van der Waals surface area contributed by atoms with Gasteiger partial charge in [0.05, 0.1) is 30.4 Å². The van der Waals surface area contributed by atoms with E-state index >= 15 is 0 Å². The summed E-state index contributed by atoms with van der Waals surface area (Å²) in [6, 6.07) is 6.82. The molecule has 0 bridgehead atoms. The number of imidazole rings is 1. The fourth-order valence-electron chi connectivity index (χ4n) is 4.46. The van der Waals surface area contributed by atoms with Gasteiger partial charge in [-0.25, -0.2) is 9.50 Å². The highest BCUT2D eigenvalue weighted by Gasteiger charge is 2.24. The average molecular weight is 434 g/mol. The Labute approximate surface area is 186 Å². The standard InChI is InChI=1S/C24H27N5O3/c1-3-32-20-11-10-17(19(30)12-13-25)14-18(20)22-27-24(31)21-15(2)26-23(29(21)28-22)16-8-6-4-5-7-9-16/h10-11,14,16H,3-9,12H2,1-2H3,(H,27,28,31). The van der Waals surface area contributed by atoms with Gasteiger partial charge in [0.15, 0.2) is 17.1 Å². The zero-order valence-electron chi connectivity index (χ0n) is 18.5. The average Bonchev–Trinajstić information content (AvgIpc) is 2.94. The van der Waals surface area contributed by atoms with Crippen LogP contribution in [0.15, 0.2) is 23.0 Å². The molecule has 0 unspecified atom stereocenters. The number of rotatable bonds is 6. The summed E-state index contributed by atoms with van der Waals surface area (Å²) in [5.74, 6) is 1.61. The topological polar surface area (TPSA) is 113 Å². The molecule has 0 radical (unpaired) electrons. The van der Waals surface area contributed by atoms with Crippen molar-refractivity contribution in [2.75, 3.05) is 6.61 Å². The Morgan fingerprint density at radius 2 is 2.03 bits per heavy atom. The second-order valence-electron chi connectivity index (χ2n) is 8.21. The number of carbonyl (C=O) groups is 1. The molecule has 8 heteroatoms. The number of nitrogens with zero attached hydrogens (tertiary/aromatic N) is 4. The zero-order valence-corrected chi connectivity index (χ0v) is 18.5. The molecule has 1 aliphatic carbocycles. The van der Waals surface area contributed by atoms with Gasteiger partial charge in [0.25, 0.3) is 5.56 Å². The van der Waals surface area contributed by atoms with Gasteiger partial charge in [-0.3, -0.25) is 9.59 Å². The Hall–Kier alpha value is -3.47. The zero-order chi connectivity index (χ0) is 22.7. The van der Waals surface area contributed by atoms with E-state index in [1.165, 1.54) is 12.8 Å². The number of aromatic amines is 1. The van der Waals surface area contributed by atoms with Crippen LogP contribution in [0.25, 0.3) is 16.9 Å². The number of nitriles is 1. The van der Waals surface area contributed by atoms with Crippen LogP contribution < -0.4 is 10.3 Å². The minimum Gasteiger partial charge on any atom is -0.493 e. The predicted octanol–water partition coefficient (Wildman–Crippen LogP) is 4.33. The van der Waals surface area contributed by atoms with Crippen LogP contribution in [0, 0.1) is 18.3 Å². The van der Waals surface area contributed by atoms with Crippen molar-refractivity contribution in [1.82, 2.24) is 19.6 Å². The van der Waals surface area contributed by atoms with Gasteiger partial charge in [0.2, 0.25) is 0 Å². The predicted molar refractivity (Wildman–Crippen MR) is 120 cm³/mol. The van der Waals surface area contributed by atoms with Crippen LogP contribution >= 0.6 is 0 Å². The van der Waals surface area contributed by atoms with E-state index in [-0.39, 0.29) is 23.7 Å². The smallest absolute Gasteiger partial charge is 0.277 e. The molecule has 0 atom stereocenters. The highest BCUT2D eigenvalue weighted by Crippen LogP contribution is 2.33. The third-order valence-corrected chi connectivity index (χ3v) is 6.02. The van der Waals surface area contributed by atoms with Crippen molar-refractivity contribution in [3.63, 3.8) is 0 Å². The summed E-state index contributed by atoms with van der Waals surface area (Å²) < 4.78 is 7.42. The largest absolute Gasteiger partial charge is 0.493 e. The van der Waals surface area contributed by atoms with Crippen molar-refractivity contribution in [2.45, 2.75) is 64.7 Å². The van der Waals surface area contributed by atoms with Crippen molar-refractivity contribution in [3.8, 4) is 23.2 Å². The summed E-state index contributed by atoms with van der Waals surface area (Å²) in [4.78, 5) is 32.9. The quantitative estimate of drug-likeness (QED) is 0.457. The second-order valence-corrected chi connectivity index (χ2v) is 8.21. The van der Waals surface area contributed by atoms with Crippen molar-refractivity contribution in [3.05, 3.63) is 45.6 Å². The molecule has 0 spiro atoms. The van der Waals surface area contributed by atoms with Gasteiger partial charge in [-0.05, 0) is 44.9 Å². The first kappa shape index (κ1) is 21.8. The van der Waals surface area contributed by atoms with E-state index < -0.39 is 0 Å². The van der Waals surface area contributed by atoms with Gasteiger partial charge in [0.1, 0.15) is 11.6 Å². The fourth-order valence-corrected chi connectivity index (χ4v) is 4.46. The molecule has 1 aromatic carbocycles. The number of fused-ring (bicyclic) bond motifs is 1. The van der Waals surface area contributed by atoms with Crippen LogP contribution in [0.4, 0.5) is 0 Å². The SMILES string of the molecule is CCOc1ccc(C(=O)CC#N)cc1-c1nn2c(C3CCCCCC3)nc(C)c2c(=O)[nH]1. The molecule has 2 heterocycles. The van der Waals surface area contributed by atoms with E-state index in [1.54, 1.807) is 22.7 Å². The first-order valence-corrected chi connectivity index (χ1v) is 11.2. The van der Waals surface area contributed by atoms with Crippen LogP contribution in [0.3, 0.4) is 0 Å². The highest BCUT2D eigenvalue weighted by molar-refractivity contribution is 5.98. The molecule has 4 rings (SSSR count). The number of aromatic nitrogens is 4. The summed E-state index contributed by atoms with van der Waals surface area (Å²) in [6.45, 7) is 4.11. The molecule has 0 aliphatic heterocycles. The fraction of sp³-hybridized carbons (Fsp3) is 0.458. The number of hydrogen-bond donors (Lipinski definition) is 1. The lowest BCUT2D eigenvalue weighted by molar-refractivity contribution is 0.0997. The number of carbonyl (C=O) groups excluding carboxylic acids is 1. The molecule has 1 N–H and O–H groups in total. The Bertz CT molecular complexity index is 1240. The molecule has 0 amide bonds. The van der Waals surface area contributed by atoms with E-state index in [0.29, 0.717) is 40.5 Å². The minimum atomic E-state index is -0.294. The van der Waals surface area contributed by atoms with Crippen molar-refractivity contribution in [1.29, 1.82) is 5.26 Å². The Kier molecular flexibility index (Phi) is 6.35.